The molecule has 0 aliphatic carbocycles. The summed E-state index contributed by atoms with van der Waals surface area (Å²) in [7, 11) is 3.73. The summed E-state index contributed by atoms with van der Waals surface area (Å²) >= 11 is 3.54. The number of rotatable bonds is 5. The molecule has 112 valence electrons. The molecule has 0 aliphatic heterocycles. The van der Waals surface area contributed by atoms with Crippen molar-refractivity contribution in [3.63, 3.8) is 0 Å². The summed E-state index contributed by atoms with van der Waals surface area (Å²) in [6.07, 6.45) is 0.891. The van der Waals surface area contributed by atoms with Crippen molar-refractivity contribution in [3.8, 4) is 5.75 Å². The zero-order valence-corrected chi connectivity index (χ0v) is 14.6. The molecule has 0 amide bonds. The van der Waals surface area contributed by atoms with Crippen LogP contribution in [0.1, 0.15) is 28.3 Å². The zero-order valence-electron chi connectivity index (χ0n) is 13.0. The lowest BCUT2D eigenvalue weighted by atomic mass is 9.95. The molecule has 2 aromatic rings. The number of benzene rings is 2. The molecule has 0 bridgehead atoms. The molecule has 0 heterocycles. The number of halogens is 1. The average molecular weight is 348 g/mol. The molecule has 0 aliphatic rings. The summed E-state index contributed by atoms with van der Waals surface area (Å²) in [6.45, 7) is 4.28. The van der Waals surface area contributed by atoms with E-state index in [0.29, 0.717) is 0 Å². The van der Waals surface area contributed by atoms with Crippen LogP contribution in [0.25, 0.3) is 0 Å². The van der Waals surface area contributed by atoms with E-state index in [1.807, 2.05) is 19.2 Å². The molecule has 0 saturated carbocycles. The maximum absolute atomic E-state index is 5.48. The number of nitrogens with one attached hydrogen (secondary N) is 1. The highest BCUT2D eigenvalue weighted by Gasteiger charge is 2.14. The Morgan fingerprint density at radius 1 is 1.10 bits per heavy atom. The fourth-order valence-electron chi connectivity index (χ4n) is 2.72. The molecular weight excluding hydrogens is 326 g/mol. The number of ether oxygens (including phenoxy) is 1. The van der Waals surface area contributed by atoms with Gasteiger partial charge in [0.25, 0.3) is 0 Å². The van der Waals surface area contributed by atoms with Gasteiger partial charge in [-0.2, -0.15) is 0 Å². The maximum atomic E-state index is 5.48. The van der Waals surface area contributed by atoms with Gasteiger partial charge in [-0.1, -0.05) is 45.3 Å². The first-order valence-corrected chi connectivity index (χ1v) is 7.90. The van der Waals surface area contributed by atoms with E-state index < -0.39 is 0 Å². The van der Waals surface area contributed by atoms with Gasteiger partial charge in [-0.3, -0.25) is 0 Å². The fourth-order valence-corrected chi connectivity index (χ4v) is 3.13. The van der Waals surface area contributed by atoms with Crippen LogP contribution in [0.3, 0.4) is 0 Å². The van der Waals surface area contributed by atoms with Crippen molar-refractivity contribution in [1.82, 2.24) is 5.32 Å². The number of methoxy groups -OCH3 is 1. The van der Waals surface area contributed by atoms with Gasteiger partial charge in [-0.25, -0.2) is 0 Å². The lowest BCUT2D eigenvalue weighted by Crippen LogP contribution is -2.19. The Morgan fingerprint density at radius 2 is 1.76 bits per heavy atom. The van der Waals surface area contributed by atoms with E-state index in [4.69, 9.17) is 4.74 Å². The van der Waals surface area contributed by atoms with E-state index in [2.05, 4.69) is 59.4 Å². The van der Waals surface area contributed by atoms with Crippen molar-refractivity contribution in [1.29, 1.82) is 0 Å². The third-order valence-corrected chi connectivity index (χ3v) is 4.15. The van der Waals surface area contributed by atoms with Gasteiger partial charge in [-0.05, 0) is 56.6 Å². The summed E-state index contributed by atoms with van der Waals surface area (Å²) < 4.78 is 6.56. The fraction of sp³-hybridized carbons (Fsp3) is 0.333. The highest BCUT2D eigenvalue weighted by Crippen LogP contribution is 2.28. The number of hydrogen-bond acceptors (Lipinski definition) is 2. The molecular formula is C18H22BrNO. The Labute approximate surface area is 135 Å². The lowest BCUT2D eigenvalue weighted by Gasteiger charge is -2.20. The Morgan fingerprint density at radius 3 is 2.33 bits per heavy atom. The van der Waals surface area contributed by atoms with Crippen molar-refractivity contribution in [2.45, 2.75) is 26.3 Å². The summed E-state index contributed by atoms with van der Waals surface area (Å²) in [6, 6.07) is 13.1. The molecule has 0 aromatic heterocycles. The molecule has 1 N–H and O–H groups in total. The van der Waals surface area contributed by atoms with Gasteiger partial charge in [-0.15, -0.1) is 0 Å². The second-order valence-electron chi connectivity index (χ2n) is 5.42. The molecule has 2 nitrogen and oxygen atoms in total. The van der Waals surface area contributed by atoms with Crippen LogP contribution in [-0.4, -0.2) is 14.2 Å². The van der Waals surface area contributed by atoms with Gasteiger partial charge in [0.15, 0.2) is 0 Å². The minimum atomic E-state index is 0.270. The smallest absolute Gasteiger partial charge is 0.122 e. The van der Waals surface area contributed by atoms with E-state index in [1.165, 1.54) is 22.3 Å². The Bertz CT molecular complexity index is 604. The molecule has 0 fully saturated rings. The van der Waals surface area contributed by atoms with Crippen LogP contribution in [0.5, 0.6) is 5.75 Å². The first-order valence-electron chi connectivity index (χ1n) is 7.11. The Balaban J connectivity index is 2.32. The van der Waals surface area contributed by atoms with Crippen LogP contribution in [-0.2, 0) is 6.42 Å². The zero-order chi connectivity index (χ0) is 15.4. The highest BCUT2D eigenvalue weighted by atomic mass is 79.9. The molecule has 2 aromatic carbocycles. The van der Waals surface area contributed by atoms with Crippen molar-refractivity contribution in [2.24, 2.45) is 0 Å². The predicted molar refractivity (Wildman–Crippen MR) is 92.1 cm³/mol. The molecule has 0 spiro atoms. The first kappa shape index (κ1) is 16.1. The standard InChI is InChI=1S/C18H22BrNO/c1-12-7-13(2)9-14(8-12)17(20-3)11-15-10-16(19)5-6-18(15)21-4/h5-10,17,20H,11H2,1-4H3. The van der Waals surface area contributed by atoms with E-state index in [0.717, 1.165) is 16.6 Å². The molecule has 1 unspecified atom stereocenters. The normalized spacial score (nSPS) is 12.2. The minimum Gasteiger partial charge on any atom is -0.496 e. The van der Waals surface area contributed by atoms with Gasteiger partial charge in [0.05, 0.1) is 7.11 Å². The van der Waals surface area contributed by atoms with Crippen LogP contribution < -0.4 is 10.1 Å². The van der Waals surface area contributed by atoms with Gasteiger partial charge in [0.1, 0.15) is 5.75 Å². The average Bonchev–Trinajstić information content (AvgIpc) is 2.43. The van der Waals surface area contributed by atoms with E-state index >= 15 is 0 Å². The maximum Gasteiger partial charge on any atom is 0.122 e. The molecule has 2 rings (SSSR count). The monoisotopic (exact) mass is 347 g/mol. The topological polar surface area (TPSA) is 21.3 Å². The Kier molecular flexibility index (Phi) is 5.43. The van der Waals surface area contributed by atoms with Gasteiger partial charge in [0.2, 0.25) is 0 Å². The number of hydrogen-bond donors (Lipinski definition) is 1. The number of aryl methyl sites for hydroxylation is 2. The van der Waals surface area contributed by atoms with E-state index in [1.54, 1.807) is 7.11 Å². The first-order chi connectivity index (χ1) is 10.0. The van der Waals surface area contributed by atoms with Gasteiger partial charge >= 0.3 is 0 Å². The quantitative estimate of drug-likeness (QED) is 0.854. The molecule has 0 saturated heterocycles. The summed E-state index contributed by atoms with van der Waals surface area (Å²) in [5, 5.41) is 3.42. The second kappa shape index (κ2) is 7.10. The van der Waals surface area contributed by atoms with E-state index in [-0.39, 0.29) is 6.04 Å². The summed E-state index contributed by atoms with van der Waals surface area (Å²) in [5.41, 5.74) is 5.11. The van der Waals surface area contributed by atoms with Crippen LogP contribution in [0.15, 0.2) is 40.9 Å². The van der Waals surface area contributed by atoms with Crippen LogP contribution >= 0.6 is 15.9 Å². The second-order valence-corrected chi connectivity index (χ2v) is 6.34. The summed E-state index contributed by atoms with van der Waals surface area (Å²) in [4.78, 5) is 0. The van der Waals surface area contributed by atoms with E-state index in [9.17, 15) is 0 Å². The van der Waals surface area contributed by atoms with Crippen molar-refractivity contribution in [3.05, 3.63) is 63.1 Å². The number of likely N-dealkylation sites (N-methyl/N-ethyl adjacent to an activating group) is 1. The SMILES string of the molecule is CNC(Cc1cc(Br)ccc1OC)c1cc(C)cc(C)c1. The molecule has 1 atom stereocenters. The Hall–Kier alpha value is -1.32. The molecule has 21 heavy (non-hydrogen) atoms. The van der Waals surface area contributed by atoms with Crippen molar-refractivity contribution in [2.75, 3.05) is 14.2 Å². The summed E-state index contributed by atoms with van der Waals surface area (Å²) in [5.74, 6) is 0.933. The largest absolute Gasteiger partial charge is 0.496 e. The van der Waals surface area contributed by atoms with Gasteiger partial charge in [0, 0.05) is 10.5 Å². The van der Waals surface area contributed by atoms with Gasteiger partial charge < -0.3 is 10.1 Å². The molecule has 3 heteroatoms. The van der Waals surface area contributed by atoms with Crippen molar-refractivity contribution >= 4 is 15.9 Å². The lowest BCUT2D eigenvalue weighted by molar-refractivity contribution is 0.406. The highest BCUT2D eigenvalue weighted by molar-refractivity contribution is 9.10. The third-order valence-electron chi connectivity index (χ3n) is 3.66. The van der Waals surface area contributed by atoms with Crippen molar-refractivity contribution < 1.29 is 4.74 Å². The van der Waals surface area contributed by atoms with Crippen LogP contribution in [0.4, 0.5) is 0 Å². The van der Waals surface area contributed by atoms with Crippen LogP contribution in [0.2, 0.25) is 0 Å². The predicted octanol–water partition coefficient (Wildman–Crippen LogP) is 4.58. The van der Waals surface area contributed by atoms with Crippen LogP contribution in [0, 0.1) is 13.8 Å². The minimum absolute atomic E-state index is 0.270. The third kappa shape index (κ3) is 4.08. The molecule has 0 radical (unpaired) electrons.